The molecule has 0 spiro atoms. The molecule has 1 aliphatic carbocycles. The van der Waals surface area contributed by atoms with Crippen molar-refractivity contribution in [3.8, 4) is 5.75 Å². The van der Waals surface area contributed by atoms with E-state index in [-0.39, 0.29) is 62.5 Å². The van der Waals surface area contributed by atoms with E-state index in [9.17, 15) is 68.1 Å². The van der Waals surface area contributed by atoms with Crippen LogP contribution in [0.2, 0.25) is 0 Å². The highest BCUT2D eigenvalue weighted by molar-refractivity contribution is 7.80. The summed E-state index contributed by atoms with van der Waals surface area (Å²) in [4.78, 5) is 194. The number of nitrogens with one attached hydrogen (secondary N) is 8. The van der Waals surface area contributed by atoms with Gasteiger partial charge in [-0.1, -0.05) is 139 Å². The highest BCUT2D eigenvalue weighted by Gasteiger charge is 2.44. The number of hydrogen-bond donors (Lipinski definition) is 14. The van der Waals surface area contributed by atoms with Crippen molar-refractivity contribution in [1.82, 2.24) is 52.3 Å². The van der Waals surface area contributed by atoms with Gasteiger partial charge in [0, 0.05) is 51.4 Å². The molecule has 3 aromatic rings. The van der Waals surface area contributed by atoms with Gasteiger partial charge < -0.3 is 79.1 Å². The summed E-state index contributed by atoms with van der Waals surface area (Å²) in [5, 5.41) is 49.9. The van der Waals surface area contributed by atoms with E-state index in [1.165, 1.54) is 41.1 Å². The number of primary amides is 2. The van der Waals surface area contributed by atoms with Gasteiger partial charge in [0.1, 0.15) is 66.2 Å². The Labute approximate surface area is 581 Å². The summed E-state index contributed by atoms with van der Waals surface area (Å²) >= 11 is 4.49. The summed E-state index contributed by atoms with van der Waals surface area (Å²) in [7, 11) is 1.41. The van der Waals surface area contributed by atoms with Gasteiger partial charge in [0.25, 0.3) is 0 Å². The van der Waals surface area contributed by atoms with Gasteiger partial charge in [-0.2, -0.15) is 12.6 Å². The Hall–Kier alpha value is -9.61. The lowest BCUT2D eigenvalue weighted by atomic mass is 9.83. The van der Waals surface area contributed by atoms with Crippen molar-refractivity contribution in [2.24, 2.45) is 23.3 Å². The number of amides is 12. The molecule has 0 aromatic heterocycles. The molecule has 2 aliphatic rings. The van der Waals surface area contributed by atoms with E-state index in [1.807, 2.05) is 0 Å². The van der Waals surface area contributed by atoms with E-state index < -0.39 is 174 Å². The Morgan fingerprint density at radius 1 is 0.586 bits per heavy atom. The topological polar surface area (TPSA) is 454 Å². The number of hydrogen-bond acceptors (Lipinski definition) is 16. The summed E-state index contributed by atoms with van der Waals surface area (Å²) in [6.45, 7) is 6.33. The maximum atomic E-state index is 15.5. The number of thiol groups is 1. The van der Waals surface area contributed by atoms with Crippen molar-refractivity contribution < 1.29 is 82.4 Å². The molecule has 1 saturated heterocycles. The monoisotopic (exact) mass is 1400 g/mol. The third-order valence-corrected chi connectivity index (χ3v) is 18.3. The zero-order valence-corrected chi connectivity index (χ0v) is 57.5. The maximum Gasteiger partial charge on any atom is 0.305 e. The minimum Gasteiger partial charge on any atom is -0.508 e. The predicted molar refractivity (Wildman–Crippen MR) is 365 cm³/mol. The van der Waals surface area contributed by atoms with E-state index in [4.69, 9.17) is 11.5 Å². The second-order valence-electron chi connectivity index (χ2n) is 25.4. The number of nitrogens with two attached hydrogens (primary N) is 2. The van der Waals surface area contributed by atoms with E-state index in [0.717, 1.165) is 39.0 Å². The lowest BCUT2D eigenvalue weighted by molar-refractivity contribution is -0.146. The predicted octanol–water partition coefficient (Wildman–Crippen LogP) is 1.32. The molecule has 2 fully saturated rings. The molecule has 0 radical (unpaired) electrons. The van der Waals surface area contributed by atoms with Gasteiger partial charge in [0.2, 0.25) is 70.9 Å². The molecule has 30 heteroatoms. The normalized spacial score (nSPS) is 16.8. The number of carbonyl (C=O) groups excluding carboxylic acids is 12. The number of carboxylic acid groups (broad SMARTS) is 2. The molecule has 15 N–H and O–H groups in total. The second kappa shape index (κ2) is 39.7. The molecule has 3 aromatic carbocycles. The first-order valence-corrected chi connectivity index (χ1v) is 34.2. The average molecular weight is 1400 g/mol. The molecule has 5 rings (SSSR count). The van der Waals surface area contributed by atoms with Gasteiger partial charge in [-0.25, -0.2) is 0 Å². The Kier molecular flexibility index (Phi) is 32.1. The van der Waals surface area contributed by atoms with E-state index in [2.05, 4.69) is 55.2 Å². The third kappa shape index (κ3) is 24.7. The molecular formula is C69H96N12O17S. The van der Waals surface area contributed by atoms with Gasteiger partial charge in [0.15, 0.2) is 0 Å². The number of aromatic hydroxyl groups is 1. The highest BCUT2D eigenvalue weighted by atomic mass is 32.1. The first-order chi connectivity index (χ1) is 47.1. The van der Waals surface area contributed by atoms with Crippen molar-refractivity contribution in [1.29, 1.82) is 0 Å². The Bertz CT molecular complexity index is 3250. The zero-order valence-electron chi connectivity index (χ0n) is 56.6. The molecular weight excluding hydrogens is 1300 g/mol. The van der Waals surface area contributed by atoms with Gasteiger partial charge in [-0.15, -0.1) is 0 Å². The zero-order chi connectivity index (χ0) is 73.0. The number of nitrogens with zero attached hydrogens (tertiary/aromatic N) is 2. The Balaban J connectivity index is 1.42. The number of likely N-dealkylation sites (N-methyl/N-ethyl adjacent to an activating group) is 1. The minimum atomic E-state index is -1.72. The molecule has 1 saturated carbocycles. The van der Waals surface area contributed by atoms with Crippen LogP contribution in [0.1, 0.15) is 153 Å². The van der Waals surface area contributed by atoms with E-state index >= 15 is 14.4 Å². The van der Waals surface area contributed by atoms with Crippen molar-refractivity contribution in [3.05, 3.63) is 102 Å². The molecule has 99 heavy (non-hydrogen) atoms. The molecule has 0 bridgehead atoms. The fraction of sp³-hybridized carbons (Fsp3) is 0.536. The van der Waals surface area contributed by atoms with Gasteiger partial charge in [-0.3, -0.25) is 67.1 Å². The van der Waals surface area contributed by atoms with Crippen LogP contribution in [0.15, 0.2) is 84.9 Å². The lowest BCUT2D eigenvalue weighted by Crippen LogP contribution is -2.62. The molecule has 0 unspecified atom stereocenters. The summed E-state index contributed by atoms with van der Waals surface area (Å²) in [6.07, 6.45) is 2.52. The largest absolute Gasteiger partial charge is 0.508 e. The number of rotatable bonds is 39. The summed E-state index contributed by atoms with van der Waals surface area (Å²) in [6, 6.07) is 8.64. The van der Waals surface area contributed by atoms with Crippen LogP contribution in [0.3, 0.4) is 0 Å². The number of carbonyl (C=O) groups is 14. The minimum absolute atomic E-state index is 0.0358. The first-order valence-electron chi connectivity index (χ1n) is 33.5. The maximum absolute atomic E-state index is 15.5. The van der Waals surface area contributed by atoms with E-state index in [0.29, 0.717) is 36.0 Å². The fourth-order valence-corrected chi connectivity index (χ4v) is 12.6. The summed E-state index contributed by atoms with van der Waals surface area (Å²) in [5.41, 5.74) is 12.6. The van der Waals surface area contributed by atoms with Crippen LogP contribution < -0.4 is 54.0 Å². The Morgan fingerprint density at radius 3 is 1.63 bits per heavy atom. The Morgan fingerprint density at radius 2 is 1.11 bits per heavy atom. The van der Waals surface area contributed by atoms with Crippen LogP contribution in [-0.4, -0.2) is 188 Å². The number of benzene rings is 3. The highest BCUT2D eigenvalue weighted by Crippen LogP contribution is 2.32. The summed E-state index contributed by atoms with van der Waals surface area (Å²) < 4.78 is 0. The van der Waals surface area contributed by atoms with Gasteiger partial charge in [-0.05, 0) is 79.2 Å². The number of carboxylic acids is 2. The number of likely N-dealkylation sites (tertiary alicyclic amines) is 1. The van der Waals surface area contributed by atoms with Crippen LogP contribution in [0, 0.1) is 11.8 Å². The van der Waals surface area contributed by atoms with Crippen LogP contribution in [0.25, 0.3) is 0 Å². The quantitative estimate of drug-likeness (QED) is 0.0358. The molecule has 29 nitrogen and oxygen atoms in total. The average Bonchev–Trinajstić information content (AvgIpc) is 1.82. The SMILES string of the molecule is CCC[C@H](NC(=O)[C@@H]1CCCN1C(=O)[C@H](CS)NC(=O)[C@H](CC1CCCCC1)N(C)C(=O)[C@@H](NC(=O)[C@@H](NC(=O)[C@H](CCC(=O)O)NC(=O)[C@H](CC(=O)O)NC(C)=O)C(c1ccccc1)c1ccccc1)[C@@H](C)CC)C(=O)N[C@@H](CCC(N)=O)C(=O)N[C@@H](Cc1ccc(O)cc1)C(N)=O. The van der Waals surface area contributed by atoms with Crippen LogP contribution >= 0.6 is 12.6 Å². The van der Waals surface area contributed by atoms with Gasteiger partial charge >= 0.3 is 11.9 Å². The lowest BCUT2D eigenvalue weighted by Gasteiger charge is -2.37. The number of phenols is 1. The van der Waals surface area contributed by atoms with Crippen LogP contribution in [0.5, 0.6) is 5.75 Å². The van der Waals surface area contributed by atoms with E-state index in [1.54, 1.807) is 81.4 Å². The fourth-order valence-electron chi connectivity index (χ4n) is 12.3. The summed E-state index contributed by atoms with van der Waals surface area (Å²) in [5.74, 6) is -15.1. The number of aliphatic carboxylic acids is 2. The molecule has 540 valence electrons. The van der Waals surface area contributed by atoms with Crippen molar-refractivity contribution in [2.75, 3.05) is 19.3 Å². The standard InChI is InChI=1S/C69H96N12O17S/c1-6-18-46(61(90)73-47(30-32-54(70)84)62(91)76-49(60(71)89)35-42-26-28-45(83)29-27-42)75-65(94)52-25-17-34-81(52)68(97)51(38-99)77-66(95)53(36-41-19-11-8-12-20-41)80(5)69(98)58(39(3)7-2)78-67(96)59(57(43-21-13-9-14-22-43)44-23-15-10-16-24-44)79-63(92)48(31-33-55(85)86)74-64(93)50(37-56(87)88)72-40(4)82/h9-10,13-16,21-24,26-29,39,41,46-53,57-59,83,99H,6-8,11-12,17-20,25,30-38H2,1-5H3,(H2,70,84)(H2,71,89)(H,72,82)(H,73,90)(H,74,93)(H,75,94)(H,76,91)(H,77,95)(H,78,96)(H,79,92)(H,85,86)(H,87,88)/t39-,46-,47-,48-,49-,50-,51-,52-,53-,58-,59-/m0/s1. The third-order valence-electron chi connectivity index (χ3n) is 18.0. The first kappa shape index (κ1) is 80.1. The molecule has 1 aliphatic heterocycles. The number of phenolic OH excluding ortho intramolecular Hbond substituents is 1. The smallest absolute Gasteiger partial charge is 0.305 e. The second-order valence-corrected chi connectivity index (χ2v) is 25.8. The molecule has 12 amide bonds. The molecule has 1 heterocycles. The van der Waals surface area contributed by atoms with Gasteiger partial charge in [0.05, 0.1) is 6.42 Å². The van der Waals surface area contributed by atoms with Crippen molar-refractivity contribution >= 4 is 95.5 Å². The van der Waals surface area contributed by atoms with Crippen molar-refractivity contribution in [2.45, 2.75) is 203 Å². The van der Waals surface area contributed by atoms with Crippen LogP contribution in [0.4, 0.5) is 0 Å². The van der Waals surface area contributed by atoms with Crippen molar-refractivity contribution in [3.63, 3.8) is 0 Å². The van der Waals surface area contributed by atoms with Crippen LogP contribution in [-0.2, 0) is 73.5 Å². The molecule has 11 atom stereocenters.